The lowest BCUT2D eigenvalue weighted by molar-refractivity contribution is -0.188. The van der Waals surface area contributed by atoms with Crippen molar-refractivity contribution in [3.63, 3.8) is 0 Å². The van der Waals surface area contributed by atoms with Crippen LogP contribution in [0, 0.1) is 0 Å². The minimum Gasteiger partial charge on any atom is -0.387 e. The van der Waals surface area contributed by atoms with Gasteiger partial charge < -0.3 is 14.6 Å². The van der Waals surface area contributed by atoms with Gasteiger partial charge in [0.15, 0.2) is 6.29 Å². The van der Waals surface area contributed by atoms with Gasteiger partial charge in [0.25, 0.3) is 0 Å². The van der Waals surface area contributed by atoms with Gasteiger partial charge in [0, 0.05) is 30.4 Å². The maximum atomic E-state index is 10.2. The fourth-order valence-corrected chi connectivity index (χ4v) is 2.70. The van der Waals surface area contributed by atoms with Crippen molar-refractivity contribution in [3.8, 4) is 0 Å². The van der Waals surface area contributed by atoms with E-state index in [0.29, 0.717) is 19.6 Å². The molecule has 1 N–H and O–H groups in total. The number of aromatic nitrogens is 1. The van der Waals surface area contributed by atoms with Gasteiger partial charge in [-0.05, 0) is 13.8 Å². The molecule has 0 bridgehead atoms. The molecule has 5 heteroatoms. The third-order valence-electron chi connectivity index (χ3n) is 2.68. The molecule has 1 rings (SSSR count). The van der Waals surface area contributed by atoms with Crippen LogP contribution in [0.1, 0.15) is 45.3 Å². The van der Waals surface area contributed by atoms with Crippen molar-refractivity contribution in [2.75, 3.05) is 13.2 Å². The van der Waals surface area contributed by atoms with Crippen LogP contribution in [0.15, 0.2) is 5.38 Å². The molecule has 19 heavy (non-hydrogen) atoms. The first kappa shape index (κ1) is 16.6. The molecule has 0 fully saturated rings. The summed E-state index contributed by atoms with van der Waals surface area (Å²) in [5.74, 6) is 0. The lowest BCUT2D eigenvalue weighted by Gasteiger charge is -2.21. The van der Waals surface area contributed by atoms with E-state index in [9.17, 15) is 5.11 Å². The molecular formula is C14H25NO3S. The second kappa shape index (κ2) is 7.33. The Labute approximate surface area is 119 Å². The van der Waals surface area contributed by atoms with Crippen LogP contribution in [-0.2, 0) is 21.3 Å². The molecule has 110 valence electrons. The summed E-state index contributed by atoms with van der Waals surface area (Å²) in [5.41, 5.74) is 1.10. The van der Waals surface area contributed by atoms with E-state index in [1.807, 2.05) is 13.8 Å². The lowest BCUT2D eigenvalue weighted by atomic mass is 9.93. The molecule has 1 aromatic heterocycles. The molecular weight excluding hydrogens is 262 g/mol. The van der Waals surface area contributed by atoms with Crippen LogP contribution >= 0.6 is 11.3 Å². The molecule has 0 saturated heterocycles. The Hall–Kier alpha value is -0.490. The Morgan fingerprint density at radius 1 is 1.26 bits per heavy atom. The van der Waals surface area contributed by atoms with Crippen LogP contribution in [0.3, 0.4) is 0 Å². The van der Waals surface area contributed by atoms with E-state index in [-0.39, 0.29) is 5.41 Å². The fraction of sp³-hybridized carbons (Fsp3) is 0.786. The summed E-state index contributed by atoms with van der Waals surface area (Å²) < 4.78 is 10.8. The number of ether oxygens (including phenoxy) is 2. The summed E-state index contributed by atoms with van der Waals surface area (Å²) in [7, 11) is 0. The SMILES string of the molecule is CCOC(OCC)C(O)Cc1nc(C(C)(C)C)cs1. The predicted molar refractivity (Wildman–Crippen MR) is 77.6 cm³/mol. The van der Waals surface area contributed by atoms with Crippen molar-refractivity contribution in [3.05, 3.63) is 16.1 Å². The summed E-state index contributed by atoms with van der Waals surface area (Å²) in [6.07, 6.45) is -0.790. The maximum Gasteiger partial charge on any atom is 0.183 e. The van der Waals surface area contributed by atoms with Gasteiger partial charge in [0.2, 0.25) is 0 Å². The molecule has 4 nitrogen and oxygen atoms in total. The van der Waals surface area contributed by atoms with Crippen LogP contribution < -0.4 is 0 Å². The topological polar surface area (TPSA) is 51.6 Å². The van der Waals surface area contributed by atoms with E-state index in [1.54, 1.807) is 11.3 Å². The Morgan fingerprint density at radius 3 is 2.26 bits per heavy atom. The van der Waals surface area contributed by atoms with Crippen molar-refractivity contribution in [1.29, 1.82) is 0 Å². The zero-order chi connectivity index (χ0) is 14.5. The Balaban J connectivity index is 2.64. The normalized spacial score (nSPS) is 14.1. The minimum absolute atomic E-state index is 0.0406. The lowest BCUT2D eigenvalue weighted by Crippen LogP contribution is -2.33. The second-order valence-electron chi connectivity index (χ2n) is 5.43. The zero-order valence-electron chi connectivity index (χ0n) is 12.5. The highest BCUT2D eigenvalue weighted by atomic mass is 32.1. The molecule has 1 aromatic rings. The van der Waals surface area contributed by atoms with E-state index in [4.69, 9.17) is 9.47 Å². The van der Waals surface area contributed by atoms with E-state index < -0.39 is 12.4 Å². The zero-order valence-corrected chi connectivity index (χ0v) is 13.3. The summed E-state index contributed by atoms with van der Waals surface area (Å²) in [6, 6.07) is 0. The number of aliphatic hydroxyl groups is 1. The molecule has 0 saturated carbocycles. The number of rotatable bonds is 7. The van der Waals surface area contributed by atoms with E-state index in [1.165, 1.54) is 0 Å². The van der Waals surface area contributed by atoms with Crippen LogP contribution in [0.2, 0.25) is 0 Å². The van der Waals surface area contributed by atoms with Crippen molar-refractivity contribution in [2.24, 2.45) is 0 Å². The van der Waals surface area contributed by atoms with Crippen LogP contribution in [0.5, 0.6) is 0 Å². The molecule has 0 radical (unpaired) electrons. The molecule has 1 heterocycles. The van der Waals surface area contributed by atoms with Gasteiger partial charge in [-0.2, -0.15) is 0 Å². The molecule has 0 aliphatic heterocycles. The number of hydrogen-bond donors (Lipinski definition) is 1. The Morgan fingerprint density at radius 2 is 1.84 bits per heavy atom. The highest BCUT2D eigenvalue weighted by Crippen LogP contribution is 2.24. The maximum absolute atomic E-state index is 10.2. The van der Waals surface area contributed by atoms with Crippen LogP contribution in [0.25, 0.3) is 0 Å². The highest BCUT2D eigenvalue weighted by Gasteiger charge is 2.23. The summed E-state index contributed by atoms with van der Waals surface area (Å²) in [6.45, 7) is 11.2. The average molecular weight is 287 g/mol. The van der Waals surface area contributed by atoms with Gasteiger partial charge >= 0.3 is 0 Å². The number of thiazole rings is 1. The van der Waals surface area contributed by atoms with E-state index in [2.05, 4.69) is 31.1 Å². The number of aliphatic hydroxyl groups excluding tert-OH is 1. The first-order valence-corrected chi connectivity index (χ1v) is 7.62. The second-order valence-corrected chi connectivity index (χ2v) is 6.37. The molecule has 1 unspecified atom stereocenters. The molecule has 1 atom stereocenters. The number of nitrogens with zero attached hydrogens (tertiary/aromatic N) is 1. The molecule has 0 amide bonds. The Bertz CT molecular complexity index is 367. The molecule has 0 aliphatic rings. The summed E-state index contributed by atoms with van der Waals surface area (Å²) in [5, 5.41) is 13.1. The first-order valence-electron chi connectivity index (χ1n) is 6.74. The van der Waals surface area contributed by atoms with Gasteiger partial charge in [-0.25, -0.2) is 4.98 Å². The third-order valence-corrected chi connectivity index (χ3v) is 3.55. The van der Waals surface area contributed by atoms with Crippen LogP contribution in [-0.4, -0.2) is 35.7 Å². The molecule has 0 aromatic carbocycles. The average Bonchev–Trinajstić information content (AvgIpc) is 2.77. The smallest absolute Gasteiger partial charge is 0.183 e. The third kappa shape index (κ3) is 5.18. The van der Waals surface area contributed by atoms with Gasteiger partial charge in [-0.1, -0.05) is 20.8 Å². The van der Waals surface area contributed by atoms with Gasteiger partial charge in [-0.3, -0.25) is 0 Å². The monoisotopic (exact) mass is 287 g/mol. The quantitative estimate of drug-likeness (QED) is 0.783. The van der Waals surface area contributed by atoms with Crippen LogP contribution in [0.4, 0.5) is 0 Å². The predicted octanol–water partition coefficient (Wildman–Crippen LogP) is 2.74. The molecule has 0 spiro atoms. The van der Waals surface area contributed by atoms with Gasteiger partial charge in [0.1, 0.15) is 6.10 Å². The van der Waals surface area contributed by atoms with Crippen molar-refractivity contribution < 1.29 is 14.6 Å². The largest absolute Gasteiger partial charge is 0.387 e. The van der Waals surface area contributed by atoms with E-state index in [0.717, 1.165) is 10.7 Å². The standard InChI is InChI=1S/C14H25NO3S/c1-6-17-13(18-7-2)10(16)8-12-15-11(9-19-12)14(3,4)5/h9-10,13,16H,6-8H2,1-5H3. The van der Waals surface area contributed by atoms with E-state index >= 15 is 0 Å². The first-order chi connectivity index (χ1) is 8.88. The van der Waals surface area contributed by atoms with Gasteiger partial charge in [0.05, 0.1) is 10.7 Å². The Kier molecular flexibility index (Phi) is 6.39. The van der Waals surface area contributed by atoms with Crippen molar-refractivity contribution >= 4 is 11.3 Å². The summed E-state index contributed by atoms with van der Waals surface area (Å²) in [4.78, 5) is 4.57. The number of hydrogen-bond acceptors (Lipinski definition) is 5. The van der Waals surface area contributed by atoms with Crippen molar-refractivity contribution in [2.45, 2.75) is 58.8 Å². The summed E-state index contributed by atoms with van der Waals surface area (Å²) >= 11 is 1.58. The van der Waals surface area contributed by atoms with Gasteiger partial charge in [-0.15, -0.1) is 11.3 Å². The van der Waals surface area contributed by atoms with Crippen molar-refractivity contribution in [1.82, 2.24) is 4.98 Å². The fourth-order valence-electron chi connectivity index (χ4n) is 1.62. The molecule has 0 aliphatic carbocycles. The minimum atomic E-state index is -0.682. The highest BCUT2D eigenvalue weighted by molar-refractivity contribution is 7.09.